The highest BCUT2D eigenvalue weighted by Gasteiger charge is 2.12. The molecule has 0 radical (unpaired) electrons. The van der Waals surface area contributed by atoms with E-state index in [1.54, 1.807) is 12.3 Å². The van der Waals surface area contributed by atoms with E-state index in [4.69, 9.17) is 0 Å². The lowest BCUT2D eigenvalue weighted by molar-refractivity contribution is -0.384. The summed E-state index contributed by atoms with van der Waals surface area (Å²) in [5.41, 5.74) is 0.716. The Morgan fingerprint density at radius 3 is 2.71 bits per heavy atom. The lowest BCUT2D eigenvalue weighted by atomic mass is 10.2. The molecule has 14 heavy (non-hydrogen) atoms. The summed E-state index contributed by atoms with van der Waals surface area (Å²) in [7, 11) is 0. The Labute approximate surface area is 92.8 Å². The Morgan fingerprint density at radius 1 is 1.57 bits per heavy atom. The van der Waals surface area contributed by atoms with Crippen LogP contribution in [0.25, 0.3) is 0 Å². The topological polar surface area (TPSA) is 66.2 Å². The van der Waals surface area contributed by atoms with Gasteiger partial charge in [0.25, 0.3) is 5.69 Å². The average Bonchev–Trinajstić information content (AvgIpc) is 2.07. The van der Waals surface area contributed by atoms with Crippen molar-refractivity contribution in [2.24, 2.45) is 0 Å². The van der Waals surface area contributed by atoms with Gasteiger partial charge in [0.05, 0.1) is 11.2 Å². The normalized spacial score (nSPS) is 12.5. The Hall–Kier alpha value is -0.590. The zero-order valence-electron chi connectivity index (χ0n) is 7.40. The van der Waals surface area contributed by atoms with Gasteiger partial charge in [0.1, 0.15) is 5.75 Å². The van der Waals surface area contributed by atoms with Crippen LogP contribution in [-0.4, -0.2) is 15.7 Å². The predicted octanol–water partition coefficient (Wildman–Crippen LogP) is 2.24. The van der Waals surface area contributed by atoms with Gasteiger partial charge in [0.2, 0.25) is 0 Å². The highest BCUT2D eigenvalue weighted by Crippen LogP contribution is 2.23. The molecule has 0 aliphatic carbocycles. The molecular formula is C8H8BrNO3S. The van der Waals surface area contributed by atoms with Crippen molar-refractivity contribution >= 4 is 32.8 Å². The number of hydrogen-bond acceptors (Lipinski definition) is 3. The Balaban J connectivity index is 3.02. The molecule has 0 bridgehead atoms. The van der Waals surface area contributed by atoms with Crippen molar-refractivity contribution in [2.75, 3.05) is 6.26 Å². The van der Waals surface area contributed by atoms with Crippen LogP contribution in [0.4, 0.5) is 5.69 Å². The maximum Gasteiger partial charge on any atom is 0.269 e. The van der Waals surface area contributed by atoms with Crippen molar-refractivity contribution in [3.05, 3.63) is 38.3 Å². The number of hydrogen-bond donors (Lipinski definition) is 0. The van der Waals surface area contributed by atoms with Crippen molar-refractivity contribution in [1.29, 1.82) is 0 Å². The standard InChI is InChI=1S/C8H8BrNO3S/c1-14(13)5-6-4-7(10(11)12)2-3-8(6)9/h2-4H,5H2,1H3. The Morgan fingerprint density at radius 2 is 2.21 bits per heavy atom. The Kier molecular flexibility index (Phi) is 3.91. The zero-order chi connectivity index (χ0) is 10.7. The number of nitro groups is 1. The molecule has 0 amide bonds. The average molecular weight is 278 g/mol. The van der Waals surface area contributed by atoms with E-state index in [1.165, 1.54) is 12.1 Å². The fraction of sp³-hybridized carbons (Fsp3) is 0.250. The van der Waals surface area contributed by atoms with Crippen molar-refractivity contribution in [2.45, 2.75) is 5.75 Å². The molecule has 76 valence electrons. The molecule has 1 aromatic carbocycles. The second-order valence-corrected chi connectivity index (χ2v) is 5.04. The van der Waals surface area contributed by atoms with E-state index in [0.717, 1.165) is 4.47 Å². The third kappa shape index (κ3) is 2.97. The molecule has 0 N–H and O–H groups in total. The highest BCUT2D eigenvalue weighted by atomic mass is 79.9. The highest BCUT2D eigenvalue weighted by molar-refractivity contribution is 9.10. The van der Waals surface area contributed by atoms with Crippen LogP contribution in [0.2, 0.25) is 0 Å². The minimum absolute atomic E-state index is 0.0219. The van der Waals surface area contributed by atoms with Gasteiger partial charge < -0.3 is 4.55 Å². The van der Waals surface area contributed by atoms with E-state index in [-0.39, 0.29) is 5.69 Å². The molecule has 1 aromatic rings. The summed E-state index contributed by atoms with van der Waals surface area (Å²) >= 11 is 2.25. The van der Waals surface area contributed by atoms with Crippen LogP contribution < -0.4 is 0 Å². The summed E-state index contributed by atoms with van der Waals surface area (Å²) in [5, 5.41) is 10.5. The maximum absolute atomic E-state index is 11.0. The SMILES string of the molecule is C[S+]([O-])Cc1cc([N+](=O)[O-])ccc1Br. The van der Waals surface area contributed by atoms with Crippen LogP contribution in [0.3, 0.4) is 0 Å². The smallest absolute Gasteiger partial charge is 0.269 e. The first-order valence-corrected chi connectivity index (χ1v) is 6.25. The van der Waals surface area contributed by atoms with Crippen LogP contribution in [0.15, 0.2) is 22.7 Å². The van der Waals surface area contributed by atoms with Gasteiger partial charge in [0.15, 0.2) is 0 Å². The van der Waals surface area contributed by atoms with Gasteiger partial charge in [0, 0.05) is 22.2 Å². The molecule has 1 unspecified atom stereocenters. The summed E-state index contributed by atoms with van der Waals surface area (Å²) < 4.78 is 11.7. The second kappa shape index (κ2) is 4.77. The minimum atomic E-state index is -1.00. The molecule has 0 fully saturated rings. The van der Waals surface area contributed by atoms with Gasteiger partial charge in [-0.15, -0.1) is 0 Å². The molecule has 0 spiro atoms. The minimum Gasteiger partial charge on any atom is -0.616 e. The molecule has 1 rings (SSSR count). The van der Waals surface area contributed by atoms with Gasteiger partial charge in [-0.05, 0) is 6.07 Å². The van der Waals surface area contributed by atoms with E-state index in [0.29, 0.717) is 11.3 Å². The molecule has 0 aromatic heterocycles. The predicted molar refractivity (Wildman–Crippen MR) is 58.6 cm³/mol. The number of halogens is 1. The first-order chi connectivity index (χ1) is 6.50. The number of nitrogens with zero attached hydrogens (tertiary/aromatic N) is 1. The maximum atomic E-state index is 11.0. The molecule has 6 heteroatoms. The van der Waals surface area contributed by atoms with Crippen molar-refractivity contribution in [1.82, 2.24) is 0 Å². The van der Waals surface area contributed by atoms with Crippen molar-refractivity contribution in [3.63, 3.8) is 0 Å². The first-order valence-electron chi connectivity index (χ1n) is 3.73. The van der Waals surface area contributed by atoms with E-state index in [2.05, 4.69) is 15.9 Å². The van der Waals surface area contributed by atoms with Gasteiger partial charge in [-0.3, -0.25) is 10.1 Å². The van der Waals surface area contributed by atoms with Crippen molar-refractivity contribution < 1.29 is 9.48 Å². The molecule has 1 atom stereocenters. The molecule has 4 nitrogen and oxygen atoms in total. The summed E-state index contributed by atoms with van der Waals surface area (Å²) in [5.74, 6) is 0.322. The van der Waals surface area contributed by atoms with E-state index < -0.39 is 16.1 Å². The first kappa shape index (κ1) is 11.5. The van der Waals surface area contributed by atoms with E-state index in [1.807, 2.05) is 0 Å². The number of rotatable bonds is 3. The zero-order valence-corrected chi connectivity index (χ0v) is 9.80. The molecule has 0 heterocycles. The van der Waals surface area contributed by atoms with Gasteiger partial charge >= 0.3 is 0 Å². The van der Waals surface area contributed by atoms with Crippen LogP contribution in [0.1, 0.15) is 5.56 Å². The van der Waals surface area contributed by atoms with Gasteiger partial charge in [-0.25, -0.2) is 0 Å². The molecule has 0 aliphatic heterocycles. The van der Waals surface area contributed by atoms with E-state index >= 15 is 0 Å². The van der Waals surface area contributed by atoms with Crippen LogP contribution in [0.5, 0.6) is 0 Å². The lowest BCUT2D eigenvalue weighted by Crippen LogP contribution is -2.02. The molecule has 0 aliphatic rings. The van der Waals surface area contributed by atoms with Crippen LogP contribution in [0, 0.1) is 10.1 Å². The molecular weight excluding hydrogens is 270 g/mol. The van der Waals surface area contributed by atoms with Crippen LogP contribution in [-0.2, 0) is 16.9 Å². The third-order valence-electron chi connectivity index (χ3n) is 1.60. The Bertz CT molecular complexity index is 356. The summed E-state index contributed by atoms with van der Waals surface area (Å²) in [6, 6.07) is 4.44. The largest absolute Gasteiger partial charge is 0.616 e. The quantitative estimate of drug-likeness (QED) is 0.483. The number of non-ortho nitro benzene ring substituents is 1. The van der Waals surface area contributed by atoms with Gasteiger partial charge in [-0.2, -0.15) is 0 Å². The lowest BCUT2D eigenvalue weighted by Gasteiger charge is -2.06. The fourth-order valence-corrected chi connectivity index (χ4v) is 2.25. The second-order valence-electron chi connectivity index (χ2n) is 2.75. The fourth-order valence-electron chi connectivity index (χ4n) is 1.00. The van der Waals surface area contributed by atoms with Crippen molar-refractivity contribution in [3.8, 4) is 0 Å². The van der Waals surface area contributed by atoms with Crippen LogP contribution >= 0.6 is 15.9 Å². The third-order valence-corrected chi connectivity index (χ3v) is 3.09. The molecule has 0 saturated heterocycles. The van der Waals surface area contributed by atoms with E-state index in [9.17, 15) is 14.7 Å². The monoisotopic (exact) mass is 277 g/mol. The number of benzene rings is 1. The summed E-state index contributed by atoms with van der Waals surface area (Å²) in [6.07, 6.45) is 1.56. The van der Waals surface area contributed by atoms with Gasteiger partial charge in [-0.1, -0.05) is 27.1 Å². The summed E-state index contributed by atoms with van der Waals surface area (Å²) in [6.45, 7) is 0. The number of nitro benzene ring substituents is 1. The summed E-state index contributed by atoms with van der Waals surface area (Å²) in [4.78, 5) is 10.0. The molecule has 0 saturated carbocycles.